The van der Waals surface area contributed by atoms with E-state index in [1.807, 2.05) is 31.3 Å². The molecule has 0 aliphatic heterocycles. The lowest BCUT2D eigenvalue weighted by Crippen LogP contribution is -2.06. The van der Waals surface area contributed by atoms with Gasteiger partial charge in [0, 0.05) is 12.6 Å². The molecule has 76 valence electrons. The van der Waals surface area contributed by atoms with Gasteiger partial charge in [0.15, 0.2) is 5.82 Å². The van der Waals surface area contributed by atoms with Gasteiger partial charge in [0.25, 0.3) is 0 Å². The van der Waals surface area contributed by atoms with E-state index in [-0.39, 0.29) is 0 Å². The zero-order chi connectivity index (χ0) is 11.1. The summed E-state index contributed by atoms with van der Waals surface area (Å²) in [7, 11) is 7.46. The number of hydrogen-bond donors (Lipinski definition) is 0. The van der Waals surface area contributed by atoms with E-state index in [1.165, 1.54) is 0 Å². The summed E-state index contributed by atoms with van der Waals surface area (Å²) in [5.74, 6) is 0.797. The quantitative estimate of drug-likeness (QED) is 0.528. The van der Waals surface area contributed by atoms with Crippen molar-refractivity contribution in [3.05, 3.63) is 30.3 Å². The minimum atomic E-state index is 0.470. The third kappa shape index (κ3) is 1.23. The van der Waals surface area contributed by atoms with Gasteiger partial charge in [0.05, 0.1) is 5.52 Å². The molecule has 1 aromatic carbocycles. The summed E-state index contributed by atoms with van der Waals surface area (Å²) in [6.07, 6.45) is 0. The molecule has 0 saturated heterocycles. The molecule has 3 rings (SSSR count). The Bertz CT molecular complexity index is 654. The van der Waals surface area contributed by atoms with E-state index < -0.39 is 0 Å². The molecule has 0 bridgehead atoms. The average molecular weight is 209 g/mol. The molecular formula is C10H8BN5. The number of benzene rings is 1. The normalized spacial score (nSPS) is 11.1. The molecule has 0 aliphatic carbocycles. The molecule has 2 radical (unpaired) electrons. The standard InChI is InChI=1S/C10H8BN5/c1-15-10(6-9(11)13-15)16-8-5-3-2-4-7(8)12-14-16/h2-6H,1H3. The summed E-state index contributed by atoms with van der Waals surface area (Å²) in [6.45, 7) is 0. The molecule has 0 amide bonds. The molecule has 16 heavy (non-hydrogen) atoms. The molecule has 0 fully saturated rings. The molecule has 0 N–H and O–H groups in total. The number of para-hydroxylation sites is 1. The van der Waals surface area contributed by atoms with Gasteiger partial charge in [-0.15, -0.1) is 5.10 Å². The van der Waals surface area contributed by atoms with Crippen molar-refractivity contribution >= 4 is 24.5 Å². The molecule has 0 aliphatic rings. The highest BCUT2D eigenvalue weighted by Crippen LogP contribution is 2.13. The van der Waals surface area contributed by atoms with Crippen molar-refractivity contribution in [3.63, 3.8) is 0 Å². The summed E-state index contributed by atoms with van der Waals surface area (Å²) in [5, 5.41) is 12.2. The minimum absolute atomic E-state index is 0.470. The van der Waals surface area contributed by atoms with Crippen LogP contribution in [0.4, 0.5) is 0 Å². The van der Waals surface area contributed by atoms with Gasteiger partial charge in [-0.05, 0) is 18.2 Å². The molecule has 5 nitrogen and oxygen atoms in total. The predicted molar refractivity (Wildman–Crippen MR) is 61.0 cm³/mol. The van der Waals surface area contributed by atoms with Crippen molar-refractivity contribution in [1.29, 1.82) is 0 Å². The van der Waals surface area contributed by atoms with Crippen LogP contribution in [0.3, 0.4) is 0 Å². The maximum atomic E-state index is 5.64. The van der Waals surface area contributed by atoms with E-state index >= 15 is 0 Å². The molecule has 3 aromatic rings. The molecule has 0 unspecified atom stereocenters. The van der Waals surface area contributed by atoms with Crippen LogP contribution in [0.25, 0.3) is 16.9 Å². The fourth-order valence-corrected chi connectivity index (χ4v) is 1.72. The second kappa shape index (κ2) is 3.20. The third-order valence-electron chi connectivity index (χ3n) is 2.44. The molecule has 0 spiro atoms. The molecule has 6 heteroatoms. The zero-order valence-electron chi connectivity index (χ0n) is 8.70. The first-order valence-corrected chi connectivity index (χ1v) is 4.86. The topological polar surface area (TPSA) is 48.5 Å². The monoisotopic (exact) mass is 209 g/mol. The Kier molecular flexibility index (Phi) is 1.83. The summed E-state index contributed by atoms with van der Waals surface area (Å²) in [5.41, 5.74) is 2.25. The van der Waals surface area contributed by atoms with Gasteiger partial charge in [-0.25, -0.2) is 0 Å². The fourth-order valence-electron chi connectivity index (χ4n) is 1.72. The van der Waals surface area contributed by atoms with Crippen molar-refractivity contribution in [3.8, 4) is 5.82 Å². The first-order valence-electron chi connectivity index (χ1n) is 4.86. The third-order valence-corrected chi connectivity index (χ3v) is 2.44. The Balaban J connectivity index is 2.30. The second-order valence-corrected chi connectivity index (χ2v) is 3.54. The van der Waals surface area contributed by atoms with Gasteiger partial charge in [-0.2, -0.15) is 9.78 Å². The maximum absolute atomic E-state index is 5.64. The Morgan fingerprint density at radius 3 is 2.81 bits per heavy atom. The Hall–Kier alpha value is -2.11. The fraction of sp³-hybridized carbons (Fsp3) is 0.100. The van der Waals surface area contributed by atoms with Gasteiger partial charge in [-0.3, -0.25) is 4.68 Å². The molecule has 2 aromatic heterocycles. The first-order chi connectivity index (χ1) is 7.75. The number of rotatable bonds is 1. The Morgan fingerprint density at radius 1 is 1.25 bits per heavy atom. The van der Waals surface area contributed by atoms with Gasteiger partial charge in [0.2, 0.25) is 0 Å². The molecule has 2 heterocycles. The summed E-state index contributed by atoms with van der Waals surface area (Å²) in [6, 6.07) is 9.51. The van der Waals surface area contributed by atoms with Crippen LogP contribution in [0, 0.1) is 0 Å². The summed E-state index contributed by atoms with van der Waals surface area (Å²) < 4.78 is 3.40. The summed E-state index contributed by atoms with van der Waals surface area (Å²) >= 11 is 0. The Labute approximate surface area is 93.1 Å². The van der Waals surface area contributed by atoms with Gasteiger partial charge in [0.1, 0.15) is 13.4 Å². The van der Waals surface area contributed by atoms with Crippen LogP contribution in [0.2, 0.25) is 0 Å². The SMILES string of the molecule is [B]c1cc(-n2nnc3ccccc32)n(C)n1. The van der Waals surface area contributed by atoms with E-state index in [0.717, 1.165) is 16.9 Å². The predicted octanol–water partition coefficient (Wildman–Crippen LogP) is -0.0522. The van der Waals surface area contributed by atoms with Crippen molar-refractivity contribution in [1.82, 2.24) is 24.8 Å². The van der Waals surface area contributed by atoms with Crippen LogP contribution in [-0.4, -0.2) is 32.6 Å². The van der Waals surface area contributed by atoms with Crippen LogP contribution in [0.1, 0.15) is 0 Å². The second-order valence-electron chi connectivity index (χ2n) is 3.54. The maximum Gasteiger partial charge on any atom is 0.153 e. The highest BCUT2D eigenvalue weighted by Gasteiger charge is 2.09. The Morgan fingerprint density at radius 2 is 2.06 bits per heavy atom. The lowest BCUT2D eigenvalue weighted by atomic mass is 10.1. The summed E-state index contributed by atoms with van der Waals surface area (Å²) in [4.78, 5) is 0. The van der Waals surface area contributed by atoms with Gasteiger partial charge < -0.3 is 0 Å². The van der Waals surface area contributed by atoms with Gasteiger partial charge >= 0.3 is 0 Å². The molecular weight excluding hydrogens is 201 g/mol. The van der Waals surface area contributed by atoms with E-state index in [4.69, 9.17) is 7.85 Å². The highest BCUT2D eigenvalue weighted by molar-refractivity contribution is 6.30. The van der Waals surface area contributed by atoms with Crippen LogP contribution in [-0.2, 0) is 7.05 Å². The van der Waals surface area contributed by atoms with Crippen molar-refractivity contribution in [2.24, 2.45) is 7.05 Å². The molecule has 0 saturated carbocycles. The number of hydrogen-bond acceptors (Lipinski definition) is 3. The van der Waals surface area contributed by atoms with Crippen molar-refractivity contribution in [2.45, 2.75) is 0 Å². The number of aromatic nitrogens is 5. The van der Waals surface area contributed by atoms with Crippen molar-refractivity contribution in [2.75, 3.05) is 0 Å². The van der Waals surface area contributed by atoms with Crippen LogP contribution in [0.15, 0.2) is 30.3 Å². The zero-order valence-corrected chi connectivity index (χ0v) is 8.70. The van der Waals surface area contributed by atoms with Crippen LogP contribution >= 0.6 is 0 Å². The smallest absolute Gasteiger partial charge is 0.153 e. The number of aryl methyl sites for hydroxylation is 1. The lowest BCUT2D eigenvalue weighted by Gasteiger charge is -2.01. The number of fused-ring (bicyclic) bond motifs is 1. The first kappa shape index (κ1) is 9.14. The largest absolute Gasteiger partial charge is 0.251 e. The van der Waals surface area contributed by atoms with Crippen molar-refractivity contribution < 1.29 is 0 Å². The molecule has 0 atom stereocenters. The van der Waals surface area contributed by atoms with Crippen LogP contribution < -0.4 is 5.59 Å². The van der Waals surface area contributed by atoms with Crippen LogP contribution in [0.5, 0.6) is 0 Å². The highest BCUT2D eigenvalue weighted by atomic mass is 15.5. The van der Waals surface area contributed by atoms with Gasteiger partial charge in [-0.1, -0.05) is 17.3 Å². The van der Waals surface area contributed by atoms with E-state index in [0.29, 0.717) is 5.59 Å². The van der Waals surface area contributed by atoms with E-state index in [9.17, 15) is 0 Å². The average Bonchev–Trinajstić information content (AvgIpc) is 2.81. The van der Waals surface area contributed by atoms with E-state index in [2.05, 4.69) is 15.4 Å². The van der Waals surface area contributed by atoms with E-state index in [1.54, 1.807) is 15.4 Å². The number of nitrogens with zero attached hydrogens (tertiary/aromatic N) is 5. The lowest BCUT2D eigenvalue weighted by molar-refractivity contribution is 0.694. The minimum Gasteiger partial charge on any atom is -0.251 e.